The van der Waals surface area contributed by atoms with Gasteiger partial charge in [-0.25, -0.2) is 0 Å². The number of hydrogen-bond acceptors (Lipinski definition) is 6. The molecule has 0 fully saturated rings. The second-order valence-corrected chi connectivity index (χ2v) is 9.17. The summed E-state index contributed by atoms with van der Waals surface area (Å²) in [5.74, 6) is 2.87. The van der Waals surface area contributed by atoms with E-state index in [-0.39, 0.29) is 12.2 Å². The Kier molecular flexibility index (Phi) is 8.16. The molecule has 1 heterocycles. The molecule has 3 rings (SSSR count). The molecule has 32 heavy (non-hydrogen) atoms. The minimum atomic E-state index is -0.553. The SMILES string of the molecule is C#CCOc1c(I)cc(/C=C(\C#N)C(=O)Nc2sc3c(c2C#N)CCCC3)cc1OCC. The smallest absolute Gasteiger partial charge is 0.266 e. The summed E-state index contributed by atoms with van der Waals surface area (Å²) >= 11 is 3.52. The van der Waals surface area contributed by atoms with E-state index in [0.29, 0.717) is 34.2 Å². The number of carbonyl (C=O) groups is 1. The molecular formula is C24H20IN3O3S. The molecule has 162 valence electrons. The van der Waals surface area contributed by atoms with Crippen molar-refractivity contribution in [2.45, 2.75) is 32.6 Å². The molecule has 1 amide bonds. The van der Waals surface area contributed by atoms with Gasteiger partial charge in [0.05, 0.1) is 15.7 Å². The molecule has 0 radical (unpaired) electrons. The van der Waals surface area contributed by atoms with Crippen LogP contribution in [0.15, 0.2) is 17.7 Å². The van der Waals surface area contributed by atoms with Crippen LogP contribution in [0.4, 0.5) is 5.00 Å². The molecule has 1 aliphatic rings. The second-order valence-electron chi connectivity index (χ2n) is 6.91. The Morgan fingerprint density at radius 1 is 1.31 bits per heavy atom. The summed E-state index contributed by atoms with van der Waals surface area (Å²) < 4.78 is 12.0. The van der Waals surface area contributed by atoms with Gasteiger partial charge in [-0.15, -0.1) is 17.8 Å². The van der Waals surface area contributed by atoms with Crippen LogP contribution in [0.1, 0.15) is 41.3 Å². The molecule has 6 nitrogen and oxygen atoms in total. The fourth-order valence-electron chi connectivity index (χ4n) is 3.45. The van der Waals surface area contributed by atoms with E-state index < -0.39 is 5.91 Å². The maximum Gasteiger partial charge on any atom is 0.266 e. The number of nitrogens with one attached hydrogen (secondary N) is 1. The molecule has 8 heteroatoms. The molecule has 1 aromatic heterocycles. The average Bonchev–Trinajstić information content (AvgIpc) is 3.13. The van der Waals surface area contributed by atoms with E-state index in [0.717, 1.165) is 39.7 Å². The molecule has 0 atom stereocenters. The first-order valence-electron chi connectivity index (χ1n) is 10.0. The maximum atomic E-state index is 12.8. The predicted octanol–water partition coefficient (Wildman–Crippen LogP) is 5.06. The van der Waals surface area contributed by atoms with E-state index in [9.17, 15) is 15.3 Å². The Morgan fingerprint density at radius 2 is 2.09 bits per heavy atom. The maximum absolute atomic E-state index is 12.8. The minimum Gasteiger partial charge on any atom is -0.490 e. The molecule has 0 saturated heterocycles. The first-order valence-corrected chi connectivity index (χ1v) is 11.9. The number of thiophene rings is 1. The second kappa shape index (κ2) is 11.0. The monoisotopic (exact) mass is 557 g/mol. The Balaban J connectivity index is 1.90. The number of rotatable bonds is 7. The van der Waals surface area contributed by atoms with Crippen molar-refractivity contribution in [1.29, 1.82) is 10.5 Å². The van der Waals surface area contributed by atoms with Gasteiger partial charge in [-0.3, -0.25) is 4.79 Å². The van der Waals surface area contributed by atoms with Crippen molar-refractivity contribution in [2.24, 2.45) is 0 Å². The van der Waals surface area contributed by atoms with Crippen LogP contribution < -0.4 is 14.8 Å². The lowest BCUT2D eigenvalue weighted by Crippen LogP contribution is -2.13. The van der Waals surface area contributed by atoms with Crippen molar-refractivity contribution in [3.05, 3.63) is 42.8 Å². The number of halogens is 1. The number of amides is 1. The van der Waals surface area contributed by atoms with Crippen molar-refractivity contribution >= 4 is 50.9 Å². The van der Waals surface area contributed by atoms with Crippen molar-refractivity contribution in [2.75, 3.05) is 18.5 Å². The number of ether oxygens (including phenoxy) is 2. The third-order valence-electron chi connectivity index (χ3n) is 4.82. The van der Waals surface area contributed by atoms with Crippen LogP contribution in [-0.4, -0.2) is 19.1 Å². The van der Waals surface area contributed by atoms with Gasteiger partial charge in [-0.2, -0.15) is 10.5 Å². The van der Waals surface area contributed by atoms with Gasteiger partial charge in [0.15, 0.2) is 11.5 Å². The number of aryl methyl sites for hydroxylation is 1. The molecule has 0 unspecified atom stereocenters. The van der Waals surface area contributed by atoms with Crippen LogP contribution in [0.5, 0.6) is 11.5 Å². The summed E-state index contributed by atoms with van der Waals surface area (Å²) in [6, 6.07) is 7.66. The Morgan fingerprint density at radius 3 is 2.78 bits per heavy atom. The first-order chi connectivity index (χ1) is 15.5. The fourth-order valence-corrected chi connectivity index (χ4v) is 5.46. The van der Waals surface area contributed by atoms with Crippen molar-refractivity contribution in [1.82, 2.24) is 0 Å². The Hall–Kier alpha value is -3.00. The molecule has 1 N–H and O–H groups in total. The highest BCUT2D eigenvalue weighted by molar-refractivity contribution is 14.1. The van der Waals surface area contributed by atoms with E-state index in [1.165, 1.54) is 17.4 Å². The van der Waals surface area contributed by atoms with Crippen LogP contribution in [0.2, 0.25) is 0 Å². The zero-order valence-corrected chi connectivity index (χ0v) is 20.4. The highest BCUT2D eigenvalue weighted by Crippen LogP contribution is 2.38. The first kappa shape index (κ1) is 23.7. The normalized spacial score (nSPS) is 12.7. The summed E-state index contributed by atoms with van der Waals surface area (Å²) in [6.45, 7) is 2.37. The lowest BCUT2D eigenvalue weighted by atomic mass is 9.96. The number of benzene rings is 1. The number of fused-ring (bicyclic) bond motifs is 1. The van der Waals surface area contributed by atoms with Gasteiger partial charge in [0.2, 0.25) is 0 Å². The van der Waals surface area contributed by atoms with Crippen molar-refractivity contribution in [3.63, 3.8) is 0 Å². The molecule has 0 saturated carbocycles. The van der Waals surface area contributed by atoms with Gasteiger partial charge in [-0.1, -0.05) is 5.92 Å². The number of terminal acetylenes is 1. The highest BCUT2D eigenvalue weighted by Gasteiger charge is 2.23. The average molecular weight is 557 g/mol. The van der Waals surface area contributed by atoms with E-state index in [4.69, 9.17) is 15.9 Å². The van der Waals surface area contributed by atoms with Crippen LogP contribution in [0, 0.1) is 38.6 Å². The van der Waals surface area contributed by atoms with Crippen LogP contribution in [0.3, 0.4) is 0 Å². The molecule has 0 aliphatic heterocycles. The summed E-state index contributed by atoms with van der Waals surface area (Å²) in [7, 11) is 0. The molecular weight excluding hydrogens is 537 g/mol. The van der Waals surface area contributed by atoms with Crippen LogP contribution in [-0.2, 0) is 17.6 Å². The van der Waals surface area contributed by atoms with E-state index in [2.05, 4.69) is 39.9 Å². The molecule has 1 aliphatic carbocycles. The van der Waals surface area contributed by atoms with E-state index in [1.807, 2.05) is 13.0 Å². The zero-order chi connectivity index (χ0) is 23.1. The molecule has 0 bridgehead atoms. The number of hydrogen-bond donors (Lipinski definition) is 1. The topological polar surface area (TPSA) is 95.1 Å². The third-order valence-corrected chi connectivity index (χ3v) is 6.83. The number of carbonyl (C=O) groups excluding carboxylic acids is 1. The van der Waals surface area contributed by atoms with Gasteiger partial charge in [-0.05, 0) is 84.5 Å². The van der Waals surface area contributed by atoms with Gasteiger partial charge in [0, 0.05) is 4.88 Å². The summed E-state index contributed by atoms with van der Waals surface area (Å²) in [5.41, 5.74) is 2.08. The predicted molar refractivity (Wildman–Crippen MR) is 133 cm³/mol. The number of nitriles is 2. The molecule has 0 spiro atoms. The van der Waals surface area contributed by atoms with Gasteiger partial charge in [0.1, 0.15) is 29.3 Å². The summed E-state index contributed by atoms with van der Waals surface area (Å²) in [4.78, 5) is 14.0. The van der Waals surface area contributed by atoms with Gasteiger partial charge < -0.3 is 14.8 Å². The lowest BCUT2D eigenvalue weighted by molar-refractivity contribution is -0.112. The summed E-state index contributed by atoms with van der Waals surface area (Å²) in [5, 5.41) is 22.5. The zero-order valence-electron chi connectivity index (χ0n) is 17.5. The highest BCUT2D eigenvalue weighted by atomic mass is 127. The van der Waals surface area contributed by atoms with Gasteiger partial charge >= 0.3 is 0 Å². The van der Waals surface area contributed by atoms with Crippen LogP contribution in [0.25, 0.3) is 6.08 Å². The molecule has 2 aromatic rings. The van der Waals surface area contributed by atoms with Crippen molar-refractivity contribution < 1.29 is 14.3 Å². The van der Waals surface area contributed by atoms with Crippen LogP contribution >= 0.6 is 33.9 Å². The Bertz CT molecular complexity index is 1200. The van der Waals surface area contributed by atoms with Crippen molar-refractivity contribution in [3.8, 4) is 36.0 Å². The quantitative estimate of drug-likeness (QED) is 0.222. The minimum absolute atomic E-state index is 0.0733. The standard InChI is InChI=1S/C24H20IN3O3S/c1-3-9-31-22-19(25)11-15(12-20(22)30-4-2)10-16(13-26)23(29)28-24-18(14-27)17-7-5-6-8-21(17)32-24/h1,10-12H,4-9H2,2H3,(H,28,29)/b16-10+. The van der Waals surface area contributed by atoms with Gasteiger partial charge in [0.25, 0.3) is 5.91 Å². The third kappa shape index (κ3) is 5.24. The van der Waals surface area contributed by atoms with E-state index in [1.54, 1.807) is 12.1 Å². The number of anilines is 1. The summed E-state index contributed by atoms with van der Waals surface area (Å²) in [6.07, 6.45) is 10.7. The number of nitrogens with zero attached hydrogens (tertiary/aromatic N) is 2. The fraction of sp³-hybridized carbons (Fsp3) is 0.292. The molecule has 1 aromatic carbocycles. The Labute approximate surface area is 205 Å². The van der Waals surface area contributed by atoms with E-state index >= 15 is 0 Å². The largest absolute Gasteiger partial charge is 0.490 e. The lowest BCUT2D eigenvalue weighted by Gasteiger charge is -2.13.